The van der Waals surface area contributed by atoms with Crippen molar-refractivity contribution in [2.24, 2.45) is 0 Å². The van der Waals surface area contributed by atoms with Gasteiger partial charge in [0.2, 0.25) is 12.2 Å². The topological polar surface area (TPSA) is 38.9 Å². The van der Waals surface area contributed by atoms with Crippen LogP contribution in [-0.4, -0.2) is 10.1 Å². The fraction of sp³-hybridized carbons (Fsp3) is 0.200. The van der Waals surface area contributed by atoms with Gasteiger partial charge in [0.1, 0.15) is 0 Å². The lowest BCUT2D eigenvalue weighted by Crippen LogP contribution is -1.87. The fourth-order valence-corrected chi connectivity index (χ4v) is 1.28. The molecule has 2 rings (SSSR count). The summed E-state index contributed by atoms with van der Waals surface area (Å²) >= 11 is 0. The summed E-state index contributed by atoms with van der Waals surface area (Å²) in [4.78, 5) is 4.01. The highest BCUT2D eigenvalue weighted by molar-refractivity contribution is 5.60. The van der Waals surface area contributed by atoms with E-state index in [4.69, 9.17) is 4.52 Å². The van der Waals surface area contributed by atoms with Crippen LogP contribution in [0.25, 0.3) is 11.4 Å². The van der Waals surface area contributed by atoms with Gasteiger partial charge in [0.25, 0.3) is 0 Å². The zero-order chi connectivity index (χ0) is 9.26. The van der Waals surface area contributed by atoms with Crippen molar-refractivity contribution in [3.05, 3.63) is 35.7 Å². The first kappa shape index (κ1) is 7.98. The van der Waals surface area contributed by atoms with Crippen LogP contribution in [0.3, 0.4) is 0 Å². The van der Waals surface area contributed by atoms with Crippen LogP contribution in [0.15, 0.2) is 29.1 Å². The first-order valence-corrected chi connectivity index (χ1v) is 4.12. The highest BCUT2D eigenvalue weighted by Gasteiger charge is 2.06. The highest BCUT2D eigenvalue weighted by Crippen LogP contribution is 2.21. The summed E-state index contributed by atoms with van der Waals surface area (Å²) in [6.07, 6.45) is 1.34. The molecule has 0 saturated carbocycles. The standard InChI is InChI=1S/C10H10N2O/c1-7-4-3-5-9(8(7)2)10-11-6-13-12-10/h3-6H,1-2H3. The maximum absolute atomic E-state index is 4.70. The Labute approximate surface area is 76.4 Å². The van der Waals surface area contributed by atoms with E-state index in [0.717, 1.165) is 5.56 Å². The van der Waals surface area contributed by atoms with Gasteiger partial charge in [0, 0.05) is 5.56 Å². The van der Waals surface area contributed by atoms with Crippen LogP contribution < -0.4 is 0 Å². The first-order chi connectivity index (χ1) is 6.29. The lowest BCUT2D eigenvalue weighted by atomic mass is 10.0. The Morgan fingerprint density at radius 3 is 2.77 bits per heavy atom. The van der Waals surface area contributed by atoms with Crippen molar-refractivity contribution >= 4 is 0 Å². The predicted octanol–water partition coefficient (Wildman–Crippen LogP) is 2.35. The van der Waals surface area contributed by atoms with E-state index in [2.05, 4.69) is 30.1 Å². The molecule has 3 heteroatoms. The number of hydrogen-bond donors (Lipinski definition) is 0. The zero-order valence-corrected chi connectivity index (χ0v) is 7.61. The Hall–Kier alpha value is -1.64. The summed E-state index contributed by atoms with van der Waals surface area (Å²) in [5.74, 6) is 0.654. The third-order valence-electron chi connectivity index (χ3n) is 2.21. The van der Waals surface area contributed by atoms with Crippen molar-refractivity contribution in [3.8, 4) is 11.4 Å². The van der Waals surface area contributed by atoms with E-state index in [1.165, 1.54) is 17.5 Å². The second-order valence-electron chi connectivity index (χ2n) is 3.00. The van der Waals surface area contributed by atoms with E-state index in [-0.39, 0.29) is 0 Å². The van der Waals surface area contributed by atoms with Gasteiger partial charge in [-0.3, -0.25) is 0 Å². The minimum atomic E-state index is 0.654. The van der Waals surface area contributed by atoms with Gasteiger partial charge in [-0.25, -0.2) is 0 Å². The zero-order valence-electron chi connectivity index (χ0n) is 7.61. The van der Waals surface area contributed by atoms with Gasteiger partial charge in [0.05, 0.1) is 0 Å². The van der Waals surface area contributed by atoms with Gasteiger partial charge in [-0.05, 0) is 25.0 Å². The molecule has 2 aromatic rings. The van der Waals surface area contributed by atoms with Gasteiger partial charge in [-0.1, -0.05) is 23.4 Å². The van der Waals surface area contributed by atoms with Gasteiger partial charge in [0.15, 0.2) is 0 Å². The van der Waals surface area contributed by atoms with Crippen molar-refractivity contribution in [1.82, 2.24) is 10.1 Å². The van der Waals surface area contributed by atoms with Gasteiger partial charge in [-0.2, -0.15) is 4.98 Å². The van der Waals surface area contributed by atoms with Crippen LogP contribution >= 0.6 is 0 Å². The summed E-state index contributed by atoms with van der Waals surface area (Å²) in [7, 11) is 0. The van der Waals surface area contributed by atoms with Crippen molar-refractivity contribution in [1.29, 1.82) is 0 Å². The molecule has 0 fully saturated rings. The Balaban J connectivity index is 2.59. The van der Waals surface area contributed by atoms with Crippen LogP contribution in [-0.2, 0) is 0 Å². The molecule has 0 unspecified atom stereocenters. The van der Waals surface area contributed by atoms with Gasteiger partial charge < -0.3 is 4.52 Å². The van der Waals surface area contributed by atoms with E-state index in [9.17, 15) is 0 Å². The molecule has 0 amide bonds. The fourth-order valence-electron chi connectivity index (χ4n) is 1.28. The quantitative estimate of drug-likeness (QED) is 0.666. The highest BCUT2D eigenvalue weighted by atomic mass is 16.5. The van der Waals surface area contributed by atoms with E-state index in [1.54, 1.807) is 0 Å². The van der Waals surface area contributed by atoms with E-state index in [1.807, 2.05) is 12.1 Å². The summed E-state index contributed by atoms with van der Waals surface area (Å²) in [5, 5.41) is 3.80. The summed E-state index contributed by atoms with van der Waals surface area (Å²) < 4.78 is 4.70. The average molecular weight is 174 g/mol. The van der Waals surface area contributed by atoms with E-state index >= 15 is 0 Å². The SMILES string of the molecule is Cc1cccc(-c2ncon2)c1C. The number of rotatable bonds is 1. The summed E-state index contributed by atoms with van der Waals surface area (Å²) in [5.41, 5.74) is 3.47. The van der Waals surface area contributed by atoms with Crippen LogP contribution in [0, 0.1) is 13.8 Å². The molecule has 0 radical (unpaired) electrons. The van der Waals surface area contributed by atoms with E-state index < -0.39 is 0 Å². The smallest absolute Gasteiger partial charge is 0.214 e. The molecule has 3 nitrogen and oxygen atoms in total. The number of aryl methyl sites for hydroxylation is 1. The lowest BCUT2D eigenvalue weighted by molar-refractivity contribution is 0.418. The second-order valence-corrected chi connectivity index (χ2v) is 3.00. The van der Waals surface area contributed by atoms with Crippen LogP contribution in [0.4, 0.5) is 0 Å². The van der Waals surface area contributed by atoms with Crippen molar-refractivity contribution in [2.75, 3.05) is 0 Å². The summed E-state index contributed by atoms with van der Waals surface area (Å²) in [6, 6.07) is 6.06. The second kappa shape index (κ2) is 3.01. The number of benzene rings is 1. The van der Waals surface area contributed by atoms with Gasteiger partial charge >= 0.3 is 0 Å². The molecule has 13 heavy (non-hydrogen) atoms. The molecule has 0 bridgehead atoms. The molecule has 0 aliphatic carbocycles. The maximum Gasteiger partial charge on any atom is 0.214 e. The molecule has 1 aromatic heterocycles. The Bertz CT molecular complexity index is 407. The molecule has 0 N–H and O–H groups in total. The molecule has 0 saturated heterocycles. The number of nitrogens with zero attached hydrogens (tertiary/aromatic N) is 2. The third-order valence-corrected chi connectivity index (χ3v) is 2.21. The Kier molecular flexibility index (Phi) is 1.85. The van der Waals surface area contributed by atoms with Crippen LogP contribution in [0.2, 0.25) is 0 Å². The third kappa shape index (κ3) is 1.33. The predicted molar refractivity (Wildman–Crippen MR) is 49.2 cm³/mol. The number of hydrogen-bond acceptors (Lipinski definition) is 3. The molecule has 0 spiro atoms. The minimum absolute atomic E-state index is 0.654. The molecular formula is C10H10N2O. The van der Waals surface area contributed by atoms with Crippen LogP contribution in [0.5, 0.6) is 0 Å². The molecular weight excluding hydrogens is 164 g/mol. The molecule has 66 valence electrons. The van der Waals surface area contributed by atoms with Crippen LogP contribution in [0.1, 0.15) is 11.1 Å². The largest absolute Gasteiger partial charge is 0.342 e. The lowest BCUT2D eigenvalue weighted by Gasteiger charge is -2.03. The normalized spacial score (nSPS) is 10.3. The molecule has 1 aromatic carbocycles. The van der Waals surface area contributed by atoms with E-state index in [0.29, 0.717) is 5.82 Å². The van der Waals surface area contributed by atoms with Crippen molar-refractivity contribution in [2.45, 2.75) is 13.8 Å². The number of aromatic nitrogens is 2. The Morgan fingerprint density at radius 2 is 2.08 bits per heavy atom. The molecule has 0 atom stereocenters. The monoisotopic (exact) mass is 174 g/mol. The molecule has 0 aliphatic heterocycles. The first-order valence-electron chi connectivity index (χ1n) is 4.12. The maximum atomic E-state index is 4.70. The summed E-state index contributed by atoms with van der Waals surface area (Å²) in [6.45, 7) is 4.12. The molecule has 0 aliphatic rings. The average Bonchev–Trinajstić information content (AvgIpc) is 2.62. The van der Waals surface area contributed by atoms with Crippen molar-refractivity contribution < 1.29 is 4.52 Å². The Morgan fingerprint density at radius 1 is 1.23 bits per heavy atom. The molecule has 1 heterocycles. The minimum Gasteiger partial charge on any atom is -0.342 e. The van der Waals surface area contributed by atoms with Gasteiger partial charge in [-0.15, -0.1) is 0 Å². The van der Waals surface area contributed by atoms with Crippen molar-refractivity contribution in [3.63, 3.8) is 0 Å².